The first-order chi connectivity index (χ1) is 8.33. The van der Waals surface area contributed by atoms with Gasteiger partial charge in [-0.15, -0.1) is 0 Å². The van der Waals surface area contributed by atoms with Crippen molar-refractivity contribution in [3.05, 3.63) is 12.0 Å². The van der Waals surface area contributed by atoms with Crippen LogP contribution in [0.1, 0.15) is 6.92 Å². The van der Waals surface area contributed by atoms with Crippen molar-refractivity contribution < 1.29 is 12.8 Å². The van der Waals surface area contributed by atoms with E-state index in [0.29, 0.717) is 12.5 Å². The molecule has 1 N–H and O–H groups in total. The number of nitrogens with zero attached hydrogens (tertiary/aromatic N) is 3. The molecule has 1 aromatic heterocycles. The summed E-state index contributed by atoms with van der Waals surface area (Å²) in [6.45, 7) is 2.68. The molecule has 0 spiro atoms. The van der Waals surface area contributed by atoms with Gasteiger partial charge >= 0.3 is 0 Å². The van der Waals surface area contributed by atoms with Gasteiger partial charge in [0.05, 0.1) is 11.9 Å². The Labute approximate surface area is 106 Å². The zero-order valence-corrected chi connectivity index (χ0v) is 11.5. The summed E-state index contributed by atoms with van der Waals surface area (Å²) in [7, 11) is -1.49. The van der Waals surface area contributed by atoms with E-state index in [9.17, 15) is 12.8 Å². The van der Waals surface area contributed by atoms with Crippen LogP contribution in [0.25, 0.3) is 0 Å². The Morgan fingerprint density at radius 1 is 1.50 bits per heavy atom. The Bertz CT molecular complexity index is 507. The van der Waals surface area contributed by atoms with Crippen LogP contribution in [0.5, 0.6) is 0 Å². The predicted octanol–water partition coefficient (Wildman–Crippen LogP) is 0.528. The molecule has 1 aromatic rings. The Hall–Kier alpha value is -1.44. The molecule has 0 fully saturated rings. The van der Waals surface area contributed by atoms with Crippen molar-refractivity contribution in [2.75, 3.05) is 42.4 Å². The van der Waals surface area contributed by atoms with Crippen LogP contribution in [0.2, 0.25) is 0 Å². The first-order valence-corrected chi connectivity index (χ1v) is 7.55. The summed E-state index contributed by atoms with van der Waals surface area (Å²) in [4.78, 5) is 9.23. The topological polar surface area (TPSA) is 75.2 Å². The molecule has 0 aliphatic heterocycles. The first kappa shape index (κ1) is 14.6. The van der Waals surface area contributed by atoms with E-state index in [1.165, 1.54) is 4.90 Å². The second-order valence-corrected chi connectivity index (χ2v) is 6.21. The van der Waals surface area contributed by atoms with E-state index >= 15 is 0 Å². The fourth-order valence-electron chi connectivity index (χ4n) is 1.28. The van der Waals surface area contributed by atoms with Crippen LogP contribution in [0.15, 0.2) is 6.20 Å². The Morgan fingerprint density at radius 2 is 2.17 bits per heavy atom. The Balaban J connectivity index is 2.83. The number of anilines is 2. The van der Waals surface area contributed by atoms with Gasteiger partial charge in [0.15, 0.2) is 11.6 Å². The molecule has 1 heterocycles. The second kappa shape index (κ2) is 5.94. The molecule has 0 radical (unpaired) electrons. The highest BCUT2D eigenvalue weighted by molar-refractivity contribution is 7.90. The van der Waals surface area contributed by atoms with Gasteiger partial charge in [-0.1, -0.05) is 0 Å². The molecule has 1 rings (SSSR count). The van der Waals surface area contributed by atoms with E-state index in [4.69, 9.17) is 0 Å². The van der Waals surface area contributed by atoms with Crippen LogP contribution < -0.4 is 10.2 Å². The number of nitrogens with one attached hydrogen (secondary N) is 1. The Morgan fingerprint density at radius 3 is 2.72 bits per heavy atom. The maximum absolute atomic E-state index is 13.5. The summed E-state index contributed by atoms with van der Waals surface area (Å²) in [5.41, 5.74) is 0. The second-order valence-electron chi connectivity index (χ2n) is 3.95. The molecule has 0 bridgehead atoms. The standard InChI is InChI=1S/C10H17FN4O2S/c1-4-12-10-13-7-8(11)9(14-10)15(2)5-6-18(3,16)17/h7H,4-6H2,1-3H3,(H,12,13,14). The summed E-state index contributed by atoms with van der Waals surface area (Å²) in [5.74, 6) is -0.221. The normalized spacial score (nSPS) is 11.3. The summed E-state index contributed by atoms with van der Waals surface area (Å²) >= 11 is 0. The summed E-state index contributed by atoms with van der Waals surface area (Å²) in [6.07, 6.45) is 2.21. The molecule has 18 heavy (non-hydrogen) atoms. The van der Waals surface area contributed by atoms with Crippen LogP contribution in [-0.2, 0) is 9.84 Å². The number of hydrogen-bond acceptors (Lipinski definition) is 6. The zero-order chi connectivity index (χ0) is 13.8. The third-order valence-electron chi connectivity index (χ3n) is 2.22. The SMILES string of the molecule is CCNc1ncc(F)c(N(C)CCS(C)(=O)=O)n1. The van der Waals surface area contributed by atoms with Crippen molar-refractivity contribution in [2.45, 2.75) is 6.92 Å². The highest BCUT2D eigenvalue weighted by Gasteiger charge is 2.13. The minimum atomic E-state index is -3.08. The number of sulfone groups is 1. The molecule has 0 atom stereocenters. The fourth-order valence-corrected chi connectivity index (χ4v) is 1.88. The van der Waals surface area contributed by atoms with E-state index < -0.39 is 15.7 Å². The lowest BCUT2D eigenvalue weighted by molar-refractivity contribution is 0.596. The quantitative estimate of drug-likeness (QED) is 0.817. The molecule has 0 unspecified atom stereocenters. The van der Waals surface area contributed by atoms with Crippen molar-refractivity contribution in [2.24, 2.45) is 0 Å². The van der Waals surface area contributed by atoms with Crippen molar-refractivity contribution in [1.82, 2.24) is 9.97 Å². The van der Waals surface area contributed by atoms with E-state index in [1.807, 2.05) is 6.92 Å². The van der Waals surface area contributed by atoms with Crippen molar-refractivity contribution in [3.63, 3.8) is 0 Å². The predicted molar refractivity (Wildman–Crippen MR) is 69.1 cm³/mol. The van der Waals surface area contributed by atoms with Crippen molar-refractivity contribution >= 4 is 21.6 Å². The van der Waals surface area contributed by atoms with Crippen LogP contribution in [0.4, 0.5) is 16.2 Å². The summed E-state index contributed by atoms with van der Waals surface area (Å²) in [6, 6.07) is 0. The van der Waals surface area contributed by atoms with Gasteiger partial charge in [0, 0.05) is 26.4 Å². The van der Waals surface area contributed by atoms with Gasteiger partial charge in [-0.05, 0) is 6.92 Å². The van der Waals surface area contributed by atoms with Gasteiger partial charge in [0.25, 0.3) is 0 Å². The molecule has 0 aliphatic carbocycles. The van der Waals surface area contributed by atoms with Gasteiger partial charge in [-0.2, -0.15) is 4.98 Å². The molecule has 8 heteroatoms. The average Bonchev–Trinajstić information content (AvgIpc) is 2.28. The number of hydrogen-bond donors (Lipinski definition) is 1. The lowest BCUT2D eigenvalue weighted by Gasteiger charge is -2.18. The molecule has 0 saturated carbocycles. The Kier molecular flexibility index (Phi) is 4.83. The lowest BCUT2D eigenvalue weighted by Crippen LogP contribution is -2.27. The van der Waals surface area contributed by atoms with E-state index in [1.54, 1.807) is 7.05 Å². The van der Waals surface area contributed by atoms with Crippen LogP contribution in [-0.4, -0.2) is 50.5 Å². The van der Waals surface area contributed by atoms with E-state index in [-0.39, 0.29) is 18.1 Å². The molecule has 0 amide bonds. The molecule has 0 saturated heterocycles. The fraction of sp³-hybridized carbons (Fsp3) is 0.600. The van der Waals surface area contributed by atoms with Gasteiger partial charge in [-0.25, -0.2) is 17.8 Å². The van der Waals surface area contributed by atoms with Gasteiger partial charge < -0.3 is 10.2 Å². The maximum Gasteiger partial charge on any atom is 0.224 e. The van der Waals surface area contributed by atoms with Crippen molar-refractivity contribution in [3.8, 4) is 0 Å². The average molecular weight is 276 g/mol. The third-order valence-corrected chi connectivity index (χ3v) is 3.14. The minimum absolute atomic E-state index is 0.0521. The molecule has 0 aliphatic rings. The van der Waals surface area contributed by atoms with Crippen LogP contribution >= 0.6 is 0 Å². The number of rotatable bonds is 6. The number of halogens is 1. The molecule has 6 nitrogen and oxygen atoms in total. The summed E-state index contributed by atoms with van der Waals surface area (Å²) < 4.78 is 35.6. The smallest absolute Gasteiger partial charge is 0.224 e. The molecule has 0 aromatic carbocycles. The van der Waals surface area contributed by atoms with Crippen molar-refractivity contribution in [1.29, 1.82) is 0 Å². The molecular formula is C10H17FN4O2S. The van der Waals surface area contributed by atoms with E-state index in [0.717, 1.165) is 12.5 Å². The highest BCUT2D eigenvalue weighted by Crippen LogP contribution is 2.15. The lowest BCUT2D eigenvalue weighted by atomic mass is 10.5. The summed E-state index contributed by atoms with van der Waals surface area (Å²) in [5, 5.41) is 2.87. The third kappa shape index (κ3) is 4.44. The molecular weight excluding hydrogens is 259 g/mol. The maximum atomic E-state index is 13.5. The first-order valence-electron chi connectivity index (χ1n) is 5.48. The van der Waals surface area contributed by atoms with E-state index in [2.05, 4.69) is 15.3 Å². The monoisotopic (exact) mass is 276 g/mol. The van der Waals surface area contributed by atoms with Crippen LogP contribution in [0, 0.1) is 5.82 Å². The highest BCUT2D eigenvalue weighted by atomic mass is 32.2. The van der Waals surface area contributed by atoms with Crippen LogP contribution in [0.3, 0.4) is 0 Å². The zero-order valence-electron chi connectivity index (χ0n) is 10.6. The number of aromatic nitrogens is 2. The largest absolute Gasteiger partial charge is 0.356 e. The molecule has 102 valence electrons. The van der Waals surface area contributed by atoms with Gasteiger partial charge in [0.2, 0.25) is 5.95 Å². The minimum Gasteiger partial charge on any atom is -0.356 e. The van der Waals surface area contributed by atoms with Gasteiger partial charge in [-0.3, -0.25) is 0 Å². The van der Waals surface area contributed by atoms with Gasteiger partial charge in [0.1, 0.15) is 9.84 Å².